The molecule has 1 aromatic heterocycles. The monoisotopic (exact) mass is 392 g/mol. The Bertz CT molecular complexity index is 846. The van der Waals surface area contributed by atoms with Crippen molar-refractivity contribution < 1.29 is 30.8 Å². The summed E-state index contributed by atoms with van der Waals surface area (Å²) in [6, 6.07) is 6.12. The van der Waals surface area contributed by atoms with E-state index in [1.165, 1.54) is 16.4 Å². The first-order valence-electron chi connectivity index (χ1n) is 7.58. The summed E-state index contributed by atoms with van der Waals surface area (Å²) in [7, 11) is -3.62. The van der Waals surface area contributed by atoms with Gasteiger partial charge in [-0.15, -0.1) is 0 Å². The van der Waals surface area contributed by atoms with Crippen LogP contribution in [0.3, 0.4) is 0 Å². The molecule has 8 nitrogen and oxygen atoms in total. The molecule has 2 aromatic rings. The fraction of sp³-hybridized carbons (Fsp3) is 0.429. The molecule has 0 bridgehead atoms. The molecular weight excluding hydrogens is 377 g/mol. The second kappa shape index (κ2) is 7.31. The van der Waals surface area contributed by atoms with Gasteiger partial charge in [-0.25, -0.2) is 0 Å². The number of rotatable bonds is 5. The van der Waals surface area contributed by atoms with E-state index in [9.17, 15) is 21.6 Å². The summed E-state index contributed by atoms with van der Waals surface area (Å²) in [5.41, 5.74) is 0.953. The van der Waals surface area contributed by atoms with Crippen molar-refractivity contribution in [2.75, 3.05) is 26.3 Å². The lowest BCUT2D eigenvalue weighted by molar-refractivity contribution is -0.159. The number of hydrogen-bond donors (Lipinski definition) is 1. The summed E-state index contributed by atoms with van der Waals surface area (Å²) in [5.74, 6) is -1.62. The third kappa shape index (κ3) is 4.38. The van der Waals surface area contributed by atoms with Crippen LogP contribution >= 0.6 is 0 Å². The van der Waals surface area contributed by atoms with E-state index in [1.54, 1.807) is 12.1 Å². The predicted octanol–water partition coefficient (Wildman–Crippen LogP) is 1.42. The van der Waals surface area contributed by atoms with E-state index >= 15 is 0 Å². The summed E-state index contributed by atoms with van der Waals surface area (Å²) in [6.07, 6.45) is -4.71. The van der Waals surface area contributed by atoms with Crippen LogP contribution < -0.4 is 4.72 Å². The Morgan fingerprint density at radius 3 is 2.38 bits per heavy atom. The van der Waals surface area contributed by atoms with Gasteiger partial charge in [0.1, 0.15) is 0 Å². The third-order valence-corrected chi connectivity index (χ3v) is 5.20. The lowest BCUT2D eigenvalue weighted by Gasteiger charge is -2.26. The highest BCUT2D eigenvalue weighted by molar-refractivity contribution is 7.87. The second-order valence-electron chi connectivity index (χ2n) is 5.46. The molecule has 1 aliphatic rings. The highest BCUT2D eigenvalue weighted by Gasteiger charge is 2.38. The van der Waals surface area contributed by atoms with Gasteiger partial charge in [-0.1, -0.05) is 29.4 Å². The third-order valence-electron chi connectivity index (χ3n) is 3.65. The Morgan fingerprint density at radius 2 is 1.81 bits per heavy atom. The van der Waals surface area contributed by atoms with Crippen LogP contribution in [-0.4, -0.2) is 49.2 Å². The van der Waals surface area contributed by atoms with Gasteiger partial charge in [0.15, 0.2) is 0 Å². The van der Waals surface area contributed by atoms with Crippen LogP contribution in [0.25, 0.3) is 11.4 Å². The molecule has 1 N–H and O–H groups in total. The molecule has 12 heteroatoms. The number of morpholine rings is 1. The molecule has 1 fully saturated rings. The number of benzene rings is 1. The van der Waals surface area contributed by atoms with Gasteiger partial charge >= 0.3 is 12.1 Å². The standard InChI is InChI=1S/C14H15F3N4O4S/c15-14(16,17)13-19-12(20-25-13)11-3-1-10(2-4-11)9-18-26(22,23)21-5-7-24-8-6-21/h1-4,18H,5-9H2. The first kappa shape index (κ1) is 18.8. The molecule has 0 radical (unpaired) electrons. The number of ether oxygens (including phenoxy) is 1. The van der Waals surface area contributed by atoms with Crippen molar-refractivity contribution in [3.05, 3.63) is 35.7 Å². The molecule has 3 rings (SSSR count). The Balaban J connectivity index is 1.63. The fourth-order valence-electron chi connectivity index (χ4n) is 2.28. The predicted molar refractivity (Wildman–Crippen MR) is 82.9 cm³/mol. The van der Waals surface area contributed by atoms with E-state index in [4.69, 9.17) is 4.74 Å². The summed E-state index contributed by atoms with van der Waals surface area (Å²) >= 11 is 0. The van der Waals surface area contributed by atoms with Crippen molar-refractivity contribution in [2.45, 2.75) is 12.7 Å². The minimum Gasteiger partial charge on any atom is -0.379 e. The van der Waals surface area contributed by atoms with Crippen LogP contribution in [-0.2, 0) is 27.7 Å². The average molecular weight is 392 g/mol. The number of nitrogens with zero attached hydrogens (tertiary/aromatic N) is 3. The normalized spacial score (nSPS) is 16.7. The van der Waals surface area contributed by atoms with Crippen molar-refractivity contribution in [1.29, 1.82) is 0 Å². The second-order valence-corrected chi connectivity index (χ2v) is 7.21. The largest absolute Gasteiger partial charge is 0.471 e. The van der Waals surface area contributed by atoms with Gasteiger partial charge in [-0.2, -0.15) is 35.6 Å². The van der Waals surface area contributed by atoms with E-state index in [1.807, 2.05) is 0 Å². The van der Waals surface area contributed by atoms with Gasteiger partial charge in [0.25, 0.3) is 10.2 Å². The molecule has 26 heavy (non-hydrogen) atoms. The average Bonchev–Trinajstić information content (AvgIpc) is 3.12. The van der Waals surface area contributed by atoms with Crippen LogP contribution in [0.1, 0.15) is 11.5 Å². The highest BCUT2D eigenvalue weighted by atomic mass is 32.2. The smallest absolute Gasteiger partial charge is 0.379 e. The molecule has 0 spiro atoms. The molecule has 0 amide bonds. The van der Waals surface area contributed by atoms with Crippen LogP contribution in [0, 0.1) is 0 Å². The summed E-state index contributed by atoms with van der Waals surface area (Å²) in [4.78, 5) is 3.30. The Kier molecular flexibility index (Phi) is 5.27. The van der Waals surface area contributed by atoms with Gasteiger partial charge in [0, 0.05) is 25.2 Å². The zero-order valence-corrected chi connectivity index (χ0v) is 14.2. The van der Waals surface area contributed by atoms with Gasteiger partial charge in [0.2, 0.25) is 5.82 Å². The lowest BCUT2D eigenvalue weighted by atomic mass is 10.1. The summed E-state index contributed by atoms with van der Waals surface area (Å²) in [6.45, 7) is 1.31. The number of nitrogens with one attached hydrogen (secondary N) is 1. The molecule has 1 aromatic carbocycles. The first-order chi connectivity index (χ1) is 12.3. The van der Waals surface area contributed by atoms with E-state index in [0.29, 0.717) is 24.3 Å². The molecular formula is C14H15F3N4O4S. The molecule has 0 unspecified atom stereocenters. The van der Waals surface area contributed by atoms with Gasteiger partial charge in [-0.05, 0) is 5.56 Å². The zero-order valence-electron chi connectivity index (χ0n) is 13.4. The number of hydrogen-bond acceptors (Lipinski definition) is 6. The van der Waals surface area contributed by atoms with Crippen LogP contribution in [0.4, 0.5) is 13.2 Å². The molecule has 142 valence electrons. The van der Waals surface area contributed by atoms with Crippen molar-refractivity contribution >= 4 is 10.2 Å². The fourth-order valence-corrected chi connectivity index (χ4v) is 3.44. The van der Waals surface area contributed by atoms with Crippen molar-refractivity contribution in [3.8, 4) is 11.4 Å². The molecule has 0 aliphatic carbocycles. The van der Waals surface area contributed by atoms with Crippen molar-refractivity contribution in [3.63, 3.8) is 0 Å². The lowest BCUT2D eigenvalue weighted by Crippen LogP contribution is -2.46. The molecule has 2 heterocycles. The number of halogens is 3. The van der Waals surface area contributed by atoms with Gasteiger partial charge in [0.05, 0.1) is 13.2 Å². The molecule has 1 aliphatic heterocycles. The van der Waals surface area contributed by atoms with E-state index in [2.05, 4.69) is 19.4 Å². The Hall–Kier alpha value is -2.02. The zero-order chi connectivity index (χ0) is 18.8. The van der Waals surface area contributed by atoms with Crippen molar-refractivity contribution in [2.24, 2.45) is 0 Å². The van der Waals surface area contributed by atoms with Crippen LogP contribution in [0.15, 0.2) is 28.8 Å². The number of aromatic nitrogens is 2. The van der Waals surface area contributed by atoms with Gasteiger partial charge < -0.3 is 9.26 Å². The molecule has 0 atom stereocenters. The topological polar surface area (TPSA) is 97.6 Å². The first-order valence-corrected chi connectivity index (χ1v) is 9.02. The highest BCUT2D eigenvalue weighted by Crippen LogP contribution is 2.29. The van der Waals surface area contributed by atoms with E-state index < -0.39 is 22.3 Å². The SMILES string of the molecule is O=S(=O)(NCc1ccc(-c2noc(C(F)(F)F)n2)cc1)N1CCOCC1. The van der Waals surface area contributed by atoms with Crippen LogP contribution in [0.5, 0.6) is 0 Å². The maximum Gasteiger partial charge on any atom is 0.471 e. The minimum atomic E-state index is -4.71. The molecule has 0 saturated carbocycles. The summed E-state index contributed by atoms with van der Waals surface area (Å²) in [5, 5.41) is 3.29. The minimum absolute atomic E-state index is 0.0417. The maximum absolute atomic E-state index is 12.5. The number of alkyl halides is 3. The Morgan fingerprint density at radius 1 is 1.15 bits per heavy atom. The maximum atomic E-state index is 12.5. The van der Waals surface area contributed by atoms with Crippen LogP contribution in [0.2, 0.25) is 0 Å². The van der Waals surface area contributed by atoms with E-state index in [0.717, 1.165) is 0 Å². The summed E-state index contributed by atoms with van der Waals surface area (Å²) < 4.78 is 74.8. The van der Waals surface area contributed by atoms with Crippen molar-refractivity contribution in [1.82, 2.24) is 19.2 Å². The van der Waals surface area contributed by atoms with Gasteiger partial charge in [-0.3, -0.25) is 0 Å². The quantitative estimate of drug-likeness (QED) is 0.827. The van der Waals surface area contributed by atoms with E-state index in [-0.39, 0.29) is 25.5 Å². The Labute approximate surface area is 147 Å². The molecule has 1 saturated heterocycles.